The molecule has 3 rings (SSSR count). The maximum atomic E-state index is 12.6. The summed E-state index contributed by atoms with van der Waals surface area (Å²) in [5.41, 5.74) is 0.348. The molecule has 0 radical (unpaired) electrons. The van der Waals surface area contributed by atoms with E-state index in [9.17, 15) is 13.2 Å². The Bertz CT molecular complexity index is 485. The van der Waals surface area contributed by atoms with Gasteiger partial charge in [-0.1, -0.05) is 12.1 Å². The van der Waals surface area contributed by atoms with E-state index in [-0.39, 0.29) is 6.04 Å². The summed E-state index contributed by atoms with van der Waals surface area (Å²) < 4.78 is 43.6. The van der Waals surface area contributed by atoms with Crippen molar-refractivity contribution in [2.24, 2.45) is 5.92 Å². The van der Waals surface area contributed by atoms with Crippen LogP contribution in [0.5, 0.6) is 0 Å². The first-order valence-electron chi connectivity index (χ1n) is 7.46. The van der Waals surface area contributed by atoms with E-state index in [1.807, 2.05) is 7.05 Å². The van der Waals surface area contributed by atoms with Crippen LogP contribution in [0.1, 0.15) is 30.4 Å². The van der Waals surface area contributed by atoms with Gasteiger partial charge >= 0.3 is 6.18 Å². The van der Waals surface area contributed by atoms with Crippen molar-refractivity contribution in [3.8, 4) is 0 Å². The molecule has 1 aromatic carbocycles. The molecule has 4 unspecified atom stereocenters. The zero-order chi connectivity index (χ0) is 15.0. The third-order valence-electron chi connectivity index (χ3n) is 4.78. The number of ether oxygens (including phenoxy) is 1. The van der Waals surface area contributed by atoms with Crippen molar-refractivity contribution in [3.63, 3.8) is 0 Å². The van der Waals surface area contributed by atoms with Crippen LogP contribution in [-0.4, -0.2) is 25.3 Å². The van der Waals surface area contributed by atoms with Crippen molar-refractivity contribution in [3.05, 3.63) is 35.4 Å². The number of benzene rings is 1. The standard InChI is InChI=1S/C16H20F3NO/c1-20-14(13-9-12-6-7-15(13)21-12)8-10-2-4-11(5-3-10)16(17,18)19/h2-5,12-15,20H,6-9H2,1H3. The Kier molecular flexibility index (Phi) is 3.97. The predicted molar refractivity (Wildman–Crippen MR) is 74.0 cm³/mol. The number of hydrogen-bond donors (Lipinski definition) is 1. The van der Waals surface area contributed by atoms with E-state index in [0.29, 0.717) is 18.1 Å². The molecule has 2 fully saturated rings. The molecular weight excluding hydrogens is 279 g/mol. The third-order valence-corrected chi connectivity index (χ3v) is 4.78. The molecule has 116 valence electrons. The lowest BCUT2D eigenvalue weighted by Gasteiger charge is -2.28. The molecule has 2 aliphatic rings. The molecule has 2 nitrogen and oxygen atoms in total. The molecule has 2 bridgehead atoms. The van der Waals surface area contributed by atoms with E-state index in [4.69, 9.17) is 4.74 Å². The Morgan fingerprint density at radius 1 is 1.24 bits per heavy atom. The number of nitrogens with one attached hydrogen (secondary N) is 1. The second kappa shape index (κ2) is 5.61. The fourth-order valence-corrected chi connectivity index (χ4v) is 3.65. The summed E-state index contributed by atoms with van der Waals surface area (Å²) in [6, 6.07) is 5.76. The van der Waals surface area contributed by atoms with E-state index in [0.717, 1.165) is 31.2 Å². The number of halogens is 3. The van der Waals surface area contributed by atoms with Crippen LogP contribution in [0, 0.1) is 5.92 Å². The Hall–Kier alpha value is -1.07. The SMILES string of the molecule is CNC(Cc1ccc(C(F)(F)F)cc1)C1CC2CCC1O2. The molecule has 0 amide bonds. The van der Waals surface area contributed by atoms with E-state index >= 15 is 0 Å². The molecule has 0 aromatic heterocycles. The zero-order valence-electron chi connectivity index (χ0n) is 12.0. The molecule has 2 heterocycles. The molecule has 21 heavy (non-hydrogen) atoms. The van der Waals surface area contributed by atoms with E-state index in [2.05, 4.69) is 5.32 Å². The van der Waals surface area contributed by atoms with Gasteiger partial charge in [0.15, 0.2) is 0 Å². The minimum atomic E-state index is -4.26. The van der Waals surface area contributed by atoms with Gasteiger partial charge in [-0.25, -0.2) is 0 Å². The van der Waals surface area contributed by atoms with Crippen LogP contribution >= 0.6 is 0 Å². The highest BCUT2D eigenvalue weighted by Gasteiger charge is 2.43. The molecule has 2 aliphatic heterocycles. The summed E-state index contributed by atoms with van der Waals surface area (Å²) in [6.45, 7) is 0. The minimum absolute atomic E-state index is 0.261. The van der Waals surface area contributed by atoms with Gasteiger partial charge in [0.2, 0.25) is 0 Å². The van der Waals surface area contributed by atoms with Crippen molar-refractivity contribution >= 4 is 0 Å². The van der Waals surface area contributed by atoms with Crippen LogP contribution in [0.15, 0.2) is 24.3 Å². The van der Waals surface area contributed by atoms with Gasteiger partial charge in [0, 0.05) is 12.0 Å². The van der Waals surface area contributed by atoms with Crippen LogP contribution in [0.25, 0.3) is 0 Å². The molecule has 0 saturated carbocycles. The fourth-order valence-electron chi connectivity index (χ4n) is 3.65. The second-order valence-electron chi connectivity index (χ2n) is 6.07. The van der Waals surface area contributed by atoms with E-state index in [1.165, 1.54) is 12.1 Å². The second-order valence-corrected chi connectivity index (χ2v) is 6.07. The number of rotatable bonds is 4. The van der Waals surface area contributed by atoms with Gasteiger partial charge in [0.05, 0.1) is 17.8 Å². The topological polar surface area (TPSA) is 21.3 Å². The fraction of sp³-hybridized carbons (Fsp3) is 0.625. The van der Waals surface area contributed by atoms with Crippen molar-refractivity contribution < 1.29 is 17.9 Å². The van der Waals surface area contributed by atoms with Gasteiger partial charge in [0.1, 0.15) is 0 Å². The third kappa shape index (κ3) is 3.09. The van der Waals surface area contributed by atoms with E-state index < -0.39 is 11.7 Å². The molecule has 0 aliphatic carbocycles. The molecule has 5 heteroatoms. The summed E-state index contributed by atoms with van der Waals surface area (Å²) in [5.74, 6) is 0.469. The zero-order valence-corrected chi connectivity index (χ0v) is 12.0. The molecule has 1 aromatic rings. The summed E-state index contributed by atoms with van der Waals surface area (Å²) >= 11 is 0. The molecule has 0 spiro atoms. The van der Waals surface area contributed by atoms with Crippen LogP contribution in [0.4, 0.5) is 13.2 Å². The monoisotopic (exact) mass is 299 g/mol. The highest BCUT2D eigenvalue weighted by Crippen LogP contribution is 2.41. The van der Waals surface area contributed by atoms with Gasteiger partial charge in [-0.15, -0.1) is 0 Å². The number of fused-ring (bicyclic) bond motifs is 2. The van der Waals surface area contributed by atoms with Crippen LogP contribution in [-0.2, 0) is 17.3 Å². The smallest absolute Gasteiger partial charge is 0.375 e. The van der Waals surface area contributed by atoms with Crippen molar-refractivity contribution in [1.82, 2.24) is 5.32 Å². The Balaban J connectivity index is 1.67. The Morgan fingerprint density at radius 3 is 2.43 bits per heavy atom. The van der Waals surface area contributed by atoms with Gasteiger partial charge < -0.3 is 10.1 Å². The maximum Gasteiger partial charge on any atom is 0.416 e. The van der Waals surface area contributed by atoms with Gasteiger partial charge in [-0.3, -0.25) is 0 Å². The average molecular weight is 299 g/mol. The molecule has 2 saturated heterocycles. The molecule has 1 N–H and O–H groups in total. The van der Waals surface area contributed by atoms with E-state index in [1.54, 1.807) is 12.1 Å². The first kappa shape index (κ1) is 14.9. The Labute approximate surface area is 122 Å². The number of hydrogen-bond acceptors (Lipinski definition) is 2. The summed E-state index contributed by atoms with van der Waals surface area (Å²) in [6.07, 6.45) is 0.519. The van der Waals surface area contributed by atoms with Gasteiger partial charge in [-0.2, -0.15) is 13.2 Å². The van der Waals surface area contributed by atoms with Crippen molar-refractivity contribution in [1.29, 1.82) is 0 Å². The number of alkyl halides is 3. The van der Waals surface area contributed by atoms with Crippen LogP contribution in [0.3, 0.4) is 0 Å². The van der Waals surface area contributed by atoms with Crippen LogP contribution in [0.2, 0.25) is 0 Å². The first-order chi connectivity index (χ1) is 9.97. The normalized spacial score (nSPS) is 29.8. The maximum absolute atomic E-state index is 12.6. The van der Waals surface area contributed by atoms with Gasteiger partial charge in [0.25, 0.3) is 0 Å². The van der Waals surface area contributed by atoms with Crippen molar-refractivity contribution in [2.75, 3.05) is 7.05 Å². The van der Waals surface area contributed by atoms with Crippen LogP contribution < -0.4 is 5.32 Å². The van der Waals surface area contributed by atoms with Gasteiger partial charge in [-0.05, 0) is 50.4 Å². The molecular formula is C16H20F3NO. The highest BCUT2D eigenvalue weighted by molar-refractivity contribution is 5.25. The molecule has 4 atom stereocenters. The largest absolute Gasteiger partial charge is 0.416 e. The summed E-state index contributed by atoms with van der Waals surface area (Å²) in [4.78, 5) is 0. The quantitative estimate of drug-likeness (QED) is 0.920. The predicted octanol–water partition coefficient (Wildman–Crippen LogP) is 3.40. The minimum Gasteiger partial charge on any atom is -0.375 e. The average Bonchev–Trinajstić information content (AvgIpc) is 3.07. The summed E-state index contributed by atoms with van der Waals surface area (Å²) in [7, 11) is 1.92. The Morgan fingerprint density at radius 2 is 1.95 bits per heavy atom. The summed E-state index contributed by atoms with van der Waals surface area (Å²) in [5, 5.41) is 3.32. The lowest BCUT2D eigenvalue weighted by atomic mass is 9.81. The van der Waals surface area contributed by atoms with Crippen molar-refractivity contribution in [2.45, 2.75) is 50.1 Å². The first-order valence-corrected chi connectivity index (χ1v) is 7.46. The number of likely N-dealkylation sites (N-methyl/N-ethyl adjacent to an activating group) is 1. The lowest BCUT2D eigenvalue weighted by Crippen LogP contribution is -2.40. The lowest BCUT2D eigenvalue weighted by molar-refractivity contribution is -0.137. The highest BCUT2D eigenvalue weighted by atomic mass is 19.4.